The van der Waals surface area contributed by atoms with Gasteiger partial charge >= 0.3 is 0 Å². The Morgan fingerprint density at radius 2 is 1.81 bits per heavy atom. The SMILES string of the molecule is CCC(C)NC(=O)c1ccc(CNC(=NC)NCc2ccccn2)cc1.I. The number of hydrogen-bond donors (Lipinski definition) is 3. The lowest BCUT2D eigenvalue weighted by molar-refractivity contribution is 0.0939. The van der Waals surface area contributed by atoms with Crippen LogP contribution < -0.4 is 16.0 Å². The molecule has 1 unspecified atom stereocenters. The summed E-state index contributed by atoms with van der Waals surface area (Å²) < 4.78 is 0. The summed E-state index contributed by atoms with van der Waals surface area (Å²) in [6.07, 6.45) is 2.69. The van der Waals surface area contributed by atoms with Crippen molar-refractivity contribution < 1.29 is 4.79 Å². The predicted molar refractivity (Wildman–Crippen MR) is 120 cm³/mol. The Balaban J connectivity index is 0.00000364. The van der Waals surface area contributed by atoms with Crippen LogP contribution in [0.2, 0.25) is 0 Å². The van der Waals surface area contributed by atoms with Crippen molar-refractivity contribution in [3.63, 3.8) is 0 Å². The number of aliphatic imine (C=N–C) groups is 1. The van der Waals surface area contributed by atoms with E-state index in [0.717, 1.165) is 17.7 Å². The molecule has 2 rings (SSSR count). The lowest BCUT2D eigenvalue weighted by atomic mass is 10.1. The van der Waals surface area contributed by atoms with Crippen molar-refractivity contribution in [3.8, 4) is 0 Å². The van der Waals surface area contributed by atoms with E-state index in [0.29, 0.717) is 24.6 Å². The second-order valence-electron chi connectivity index (χ2n) is 6.08. The first-order valence-electron chi connectivity index (χ1n) is 8.86. The number of halogens is 1. The number of nitrogens with zero attached hydrogens (tertiary/aromatic N) is 2. The summed E-state index contributed by atoms with van der Waals surface area (Å²) in [6.45, 7) is 5.28. The van der Waals surface area contributed by atoms with E-state index < -0.39 is 0 Å². The Kier molecular flexibility index (Phi) is 10.4. The molecule has 1 heterocycles. The molecule has 1 amide bonds. The van der Waals surface area contributed by atoms with Crippen molar-refractivity contribution in [2.75, 3.05) is 7.05 Å². The molecule has 0 fully saturated rings. The molecule has 0 bridgehead atoms. The van der Waals surface area contributed by atoms with Gasteiger partial charge in [-0.25, -0.2) is 0 Å². The van der Waals surface area contributed by atoms with Crippen LogP contribution in [0.25, 0.3) is 0 Å². The van der Waals surface area contributed by atoms with E-state index in [-0.39, 0.29) is 35.9 Å². The number of carbonyl (C=O) groups is 1. The fraction of sp³-hybridized carbons (Fsp3) is 0.350. The average molecular weight is 481 g/mol. The van der Waals surface area contributed by atoms with Crippen molar-refractivity contribution in [1.82, 2.24) is 20.9 Å². The number of aromatic nitrogens is 1. The molecule has 0 aliphatic carbocycles. The summed E-state index contributed by atoms with van der Waals surface area (Å²) >= 11 is 0. The Bertz CT molecular complexity index is 719. The van der Waals surface area contributed by atoms with E-state index in [9.17, 15) is 4.79 Å². The van der Waals surface area contributed by atoms with Crippen LogP contribution in [0.5, 0.6) is 0 Å². The molecule has 0 saturated carbocycles. The summed E-state index contributed by atoms with van der Waals surface area (Å²) in [5.41, 5.74) is 2.70. The molecule has 7 heteroatoms. The highest BCUT2D eigenvalue weighted by atomic mass is 127. The number of hydrogen-bond acceptors (Lipinski definition) is 3. The predicted octanol–water partition coefficient (Wildman–Crippen LogP) is 3.09. The first-order valence-corrected chi connectivity index (χ1v) is 8.86. The molecule has 1 aromatic carbocycles. The maximum Gasteiger partial charge on any atom is 0.251 e. The molecule has 1 aromatic heterocycles. The third-order valence-electron chi connectivity index (χ3n) is 4.05. The standard InChI is InChI=1S/C20H27N5O.HI/c1-4-15(2)25-19(26)17-10-8-16(9-11-17)13-23-20(21-3)24-14-18-7-5-6-12-22-18;/h5-12,15H,4,13-14H2,1-3H3,(H,25,26)(H2,21,23,24);1H. The molecule has 2 aromatic rings. The second-order valence-corrected chi connectivity index (χ2v) is 6.08. The van der Waals surface area contributed by atoms with Gasteiger partial charge in [0.1, 0.15) is 0 Å². The van der Waals surface area contributed by atoms with Gasteiger partial charge in [0.25, 0.3) is 5.91 Å². The maximum atomic E-state index is 12.1. The molecule has 0 saturated heterocycles. The molecular weight excluding hydrogens is 453 g/mol. The highest BCUT2D eigenvalue weighted by Crippen LogP contribution is 2.05. The van der Waals surface area contributed by atoms with Crippen LogP contribution in [0, 0.1) is 0 Å². The molecule has 0 radical (unpaired) electrons. The first kappa shape index (κ1) is 22.9. The number of amides is 1. The lowest BCUT2D eigenvalue weighted by Gasteiger charge is -2.13. The number of carbonyl (C=O) groups excluding carboxylic acids is 1. The zero-order valence-electron chi connectivity index (χ0n) is 16.0. The van der Waals surface area contributed by atoms with Gasteiger partial charge in [0.15, 0.2) is 5.96 Å². The zero-order valence-corrected chi connectivity index (χ0v) is 18.4. The molecule has 0 spiro atoms. The van der Waals surface area contributed by atoms with E-state index in [4.69, 9.17) is 0 Å². The van der Waals surface area contributed by atoms with E-state index in [1.807, 2.05) is 49.4 Å². The van der Waals surface area contributed by atoms with Crippen LogP contribution in [0.4, 0.5) is 0 Å². The van der Waals surface area contributed by atoms with Gasteiger partial charge in [-0.2, -0.15) is 0 Å². The number of rotatable bonds is 7. The van der Waals surface area contributed by atoms with Crippen molar-refractivity contribution in [2.45, 2.75) is 39.4 Å². The van der Waals surface area contributed by atoms with Gasteiger partial charge < -0.3 is 16.0 Å². The number of benzene rings is 1. The van der Waals surface area contributed by atoms with Gasteiger partial charge in [0.2, 0.25) is 0 Å². The summed E-state index contributed by atoms with van der Waals surface area (Å²) in [5.74, 6) is 0.668. The lowest BCUT2D eigenvalue weighted by Crippen LogP contribution is -2.36. The van der Waals surface area contributed by atoms with Gasteiger partial charge in [0.05, 0.1) is 12.2 Å². The van der Waals surface area contributed by atoms with Crippen molar-refractivity contribution in [2.24, 2.45) is 4.99 Å². The molecule has 6 nitrogen and oxygen atoms in total. The summed E-state index contributed by atoms with van der Waals surface area (Å²) in [5, 5.41) is 9.45. The zero-order chi connectivity index (χ0) is 18.8. The monoisotopic (exact) mass is 481 g/mol. The van der Waals surface area contributed by atoms with Crippen LogP contribution in [-0.4, -0.2) is 29.9 Å². The Hall–Kier alpha value is -2.16. The average Bonchev–Trinajstić information content (AvgIpc) is 2.69. The van der Waals surface area contributed by atoms with Gasteiger partial charge in [-0.1, -0.05) is 25.1 Å². The minimum atomic E-state index is -0.0355. The van der Waals surface area contributed by atoms with Crippen LogP contribution in [0.1, 0.15) is 41.9 Å². The van der Waals surface area contributed by atoms with Crippen LogP contribution >= 0.6 is 24.0 Å². The molecular formula is C20H28IN5O. The van der Waals surface area contributed by atoms with E-state index in [1.165, 1.54) is 0 Å². The number of pyridine rings is 1. The normalized spacial score (nSPS) is 11.9. The summed E-state index contributed by atoms with van der Waals surface area (Å²) in [6, 6.07) is 13.6. The minimum Gasteiger partial charge on any atom is -0.352 e. The summed E-state index contributed by atoms with van der Waals surface area (Å²) in [7, 11) is 1.73. The Labute approximate surface area is 178 Å². The molecule has 146 valence electrons. The minimum absolute atomic E-state index is 0. The fourth-order valence-electron chi connectivity index (χ4n) is 2.27. The van der Waals surface area contributed by atoms with E-state index in [2.05, 4.69) is 32.9 Å². The second kappa shape index (κ2) is 12.3. The topological polar surface area (TPSA) is 78.4 Å². The third kappa shape index (κ3) is 7.94. The van der Waals surface area contributed by atoms with Crippen LogP contribution in [-0.2, 0) is 13.1 Å². The largest absolute Gasteiger partial charge is 0.352 e. The summed E-state index contributed by atoms with van der Waals surface area (Å²) in [4.78, 5) is 20.6. The maximum absolute atomic E-state index is 12.1. The highest BCUT2D eigenvalue weighted by Gasteiger charge is 2.08. The molecule has 3 N–H and O–H groups in total. The van der Waals surface area contributed by atoms with Crippen molar-refractivity contribution in [3.05, 3.63) is 65.5 Å². The van der Waals surface area contributed by atoms with Gasteiger partial charge in [0, 0.05) is 31.4 Å². The van der Waals surface area contributed by atoms with Gasteiger partial charge in [-0.05, 0) is 43.2 Å². The van der Waals surface area contributed by atoms with Crippen LogP contribution in [0.3, 0.4) is 0 Å². The van der Waals surface area contributed by atoms with E-state index >= 15 is 0 Å². The smallest absolute Gasteiger partial charge is 0.251 e. The van der Waals surface area contributed by atoms with Gasteiger partial charge in [-0.3, -0.25) is 14.8 Å². The molecule has 1 atom stereocenters. The quantitative estimate of drug-likeness (QED) is 0.323. The molecule has 27 heavy (non-hydrogen) atoms. The van der Waals surface area contributed by atoms with Crippen molar-refractivity contribution >= 4 is 35.8 Å². The first-order chi connectivity index (χ1) is 12.6. The molecule has 0 aliphatic heterocycles. The highest BCUT2D eigenvalue weighted by molar-refractivity contribution is 14.0. The number of nitrogens with one attached hydrogen (secondary N) is 3. The molecule has 0 aliphatic rings. The third-order valence-corrected chi connectivity index (χ3v) is 4.05. The number of guanidine groups is 1. The Morgan fingerprint density at radius 1 is 1.11 bits per heavy atom. The van der Waals surface area contributed by atoms with Crippen LogP contribution in [0.15, 0.2) is 53.7 Å². The van der Waals surface area contributed by atoms with Crippen molar-refractivity contribution in [1.29, 1.82) is 0 Å². The fourth-order valence-corrected chi connectivity index (χ4v) is 2.27. The van der Waals surface area contributed by atoms with Gasteiger partial charge in [-0.15, -0.1) is 24.0 Å². The Morgan fingerprint density at radius 3 is 2.41 bits per heavy atom. The van der Waals surface area contributed by atoms with E-state index in [1.54, 1.807) is 13.2 Å².